The number of ketones is 1. The van der Waals surface area contributed by atoms with Crippen LogP contribution in [-0.2, 0) is 28.7 Å². The number of nitrogens with zero attached hydrogens (tertiary/aromatic N) is 4. The molecule has 2 unspecified atom stereocenters. The lowest BCUT2D eigenvalue weighted by atomic mass is 9.79. The molecule has 0 saturated carbocycles. The van der Waals surface area contributed by atoms with Gasteiger partial charge in [-0.15, -0.1) is 0 Å². The topological polar surface area (TPSA) is 183 Å². The van der Waals surface area contributed by atoms with Gasteiger partial charge in [-0.25, -0.2) is 14.0 Å². The molecule has 73 heavy (non-hydrogen) atoms. The van der Waals surface area contributed by atoms with Crippen LogP contribution in [-0.4, -0.2) is 102 Å². The summed E-state index contributed by atoms with van der Waals surface area (Å²) in [5.41, 5.74) is 6.40. The number of nitrogen functional groups attached to an aromatic ring is 1. The molecule has 16 nitrogen and oxygen atoms in total. The summed E-state index contributed by atoms with van der Waals surface area (Å²) in [5.74, 6) is 1.14. The van der Waals surface area contributed by atoms with Crippen molar-refractivity contribution >= 4 is 25.3 Å². The van der Waals surface area contributed by atoms with E-state index in [0.29, 0.717) is 64.5 Å². The van der Waals surface area contributed by atoms with Gasteiger partial charge >= 0.3 is 13.4 Å². The lowest BCUT2D eigenvalue weighted by molar-refractivity contribution is -0.126. The van der Waals surface area contributed by atoms with Crippen LogP contribution < -0.4 is 25.6 Å². The highest BCUT2D eigenvalue weighted by Gasteiger charge is 2.54. The minimum atomic E-state index is -4.46. The number of methoxy groups -OCH3 is 3. The van der Waals surface area contributed by atoms with E-state index < -0.39 is 55.4 Å². The Morgan fingerprint density at radius 2 is 1.29 bits per heavy atom. The SMILES string of the molecule is COc1ccc(C(=O)N2CCC[C@@H]2COP(=O)(O[C@H]2C[C@H](n3ccc(N)nc3=O)O[C@@H]2C(OC(c2ccccc2)(c2ccc(OC)cc2)c2ccc(OC)cc2)C(=O)c2ccccc2)N(C(C)C)C(C)C)cc1. The first kappa shape index (κ1) is 52.7. The molecule has 6 aromatic rings. The summed E-state index contributed by atoms with van der Waals surface area (Å²) in [6, 6.07) is 40.1. The fraction of sp³-hybridized carbons (Fsp3) is 0.357. The fourth-order valence-corrected chi connectivity index (χ4v) is 12.3. The molecule has 384 valence electrons. The largest absolute Gasteiger partial charge is 0.497 e. The average molecular weight is 1010 g/mol. The second-order valence-corrected chi connectivity index (χ2v) is 20.5. The fourth-order valence-electron chi connectivity index (χ4n) is 9.95. The molecule has 2 aliphatic heterocycles. The molecule has 6 atom stereocenters. The van der Waals surface area contributed by atoms with Gasteiger partial charge in [-0.2, -0.15) is 4.98 Å². The Bertz CT molecular complexity index is 2850. The van der Waals surface area contributed by atoms with Crippen molar-refractivity contribution in [3.05, 3.63) is 184 Å². The van der Waals surface area contributed by atoms with Gasteiger partial charge < -0.3 is 34.3 Å². The molecule has 3 heterocycles. The molecule has 17 heteroatoms. The number of carbonyl (C=O) groups excluding carboxylic acids is 2. The van der Waals surface area contributed by atoms with Crippen LogP contribution in [0.1, 0.15) is 90.6 Å². The summed E-state index contributed by atoms with van der Waals surface area (Å²) in [6.45, 7) is 7.90. The summed E-state index contributed by atoms with van der Waals surface area (Å²) in [4.78, 5) is 49.2. The normalized spacial score (nSPS) is 19.2. The zero-order valence-electron chi connectivity index (χ0n) is 42.2. The molecule has 0 aliphatic carbocycles. The lowest BCUT2D eigenvalue weighted by Gasteiger charge is -2.42. The standard InChI is InChI=1S/C56H64N5O11P/c1-37(2)61(38(3)4)73(65,69-36-44-19-14-33-59(44)54(63)40-20-26-45(66-5)27-21-40)72-48-35-50(60-34-32-49(57)58-55(60)64)70-52(48)53(51(62)39-15-10-8-11-16-39)71-56(41-17-12-9-13-18-41,42-22-28-46(67-6)29-23-42)43-24-30-47(68-7)31-25-43/h8-13,15-18,20-32,34,37-38,44,48,50,52-53H,14,19,33,35-36H2,1-7H3,(H2,57,58,64)/t44-,48+,50-,52+,53?,73?/m1/s1. The Labute approximate surface area is 426 Å². The van der Waals surface area contributed by atoms with Crippen molar-refractivity contribution in [3.63, 3.8) is 0 Å². The minimum Gasteiger partial charge on any atom is -0.497 e. The van der Waals surface area contributed by atoms with E-state index >= 15 is 9.36 Å². The predicted molar refractivity (Wildman–Crippen MR) is 277 cm³/mol. The van der Waals surface area contributed by atoms with E-state index in [4.69, 9.17) is 38.5 Å². The Morgan fingerprint density at radius 1 is 0.753 bits per heavy atom. The number of anilines is 1. The first-order valence-corrected chi connectivity index (χ1v) is 26.0. The Hall–Kier alpha value is -6.65. The number of rotatable bonds is 21. The maximum absolute atomic E-state index is 16.2. The van der Waals surface area contributed by atoms with Crippen LogP contribution in [0.4, 0.5) is 5.82 Å². The van der Waals surface area contributed by atoms with Gasteiger partial charge in [-0.3, -0.25) is 23.2 Å². The van der Waals surface area contributed by atoms with Gasteiger partial charge in [0.15, 0.2) is 11.9 Å². The summed E-state index contributed by atoms with van der Waals surface area (Å²) >= 11 is 0. The highest BCUT2D eigenvalue weighted by atomic mass is 31.2. The monoisotopic (exact) mass is 1010 g/mol. The van der Waals surface area contributed by atoms with Crippen LogP contribution in [0.3, 0.4) is 0 Å². The summed E-state index contributed by atoms with van der Waals surface area (Å²) in [6.07, 6.45) is -2.64. The summed E-state index contributed by atoms with van der Waals surface area (Å²) in [5, 5.41) is 0. The van der Waals surface area contributed by atoms with Crippen LogP contribution in [0.5, 0.6) is 17.2 Å². The van der Waals surface area contributed by atoms with Crippen molar-refractivity contribution in [2.75, 3.05) is 40.2 Å². The van der Waals surface area contributed by atoms with Crippen molar-refractivity contribution in [3.8, 4) is 17.2 Å². The van der Waals surface area contributed by atoms with Crippen LogP contribution in [0.2, 0.25) is 0 Å². The molecule has 2 fully saturated rings. The van der Waals surface area contributed by atoms with Gasteiger partial charge in [0.1, 0.15) is 47.1 Å². The van der Waals surface area contributed by atoms with E-state index in [2.05, 4.69) is 4.98 Å². The number of carbonyl (C=O) groups is 2. The second-order valence-electron chi connectivity index (χ2n) is 18.6. The predicted octanol–water partition coefficient (Wildman–Crippen LogP) is 9.33. The van der Waals surface area contributed by atoms with Crippen molar-refractivity contribution in [1.82, 2.24) is 19.1 Å². The van der Waals surface area contributed by atoms with Crippen molar-refractivity contribution < 1.29 is 46.9 Å². The molecule has 0 spiro atoms. The van der Waals surface area contributed by atoms with E-state index in [0.717, 1.165) is 0 Å². The van der Waals surface area contributed by atoms with E-state index in [1.807, 2.05) is 107 Å². The number of aromatic nitrogens is 2. The zero-order chi connectivity index (χ0) is 51.9. The van der Waals surface area contributed by atoms with E-state index in [-0.39, 0.29) is 36.8 Å². The van der Waals surface area contributed by atoms with Crippen LogP contribution in [0.25, 0.3) is 0 Å². The van der Waals surface area contributed by atoms with Crippen molar-refractivity contribution in [2.24, 2.45) is 0 Å². The zero-order valence-corrected chi connectivity index (χ0v) is 43.1. The maximum Gasteiger partial charge on any atom is 0.409 e. The lowest BCUT2D eigenvalue weighted by Crippen LogP contribution is -2.49. The third-order valence-electron chi connectivity index (χ3n) is 13.4. The first-order valence-electron chi connectivity index (χ1n) is 24.5. The van der Waals surface area contributed by atoms with Gasteiger partial charge in [0.2, 0.25) is 0 Å². The summed E-state index contributed by atoms with van der Waals surface area (Å²) in [7, 11) is 0.265. The maximum atomic E-state index is 16.2. The molecular formula is C56H64N5O11P. The number of ether oxygens (including phenoxy) is 5. The molecule has 5 aromatic carbocycles. The number of hydrogen-bond acceptors (Lipinski definition) is 13. The van der Waals surface area contributed by atoms with Gasteiger partial charge in [0.25, 0.3) is 5.91 Å². The van der Waals surface area contributed by atoms with E-state index in [1.54, 1.807) is 85.5 Å². The molecule has 0 radical (unpaired) electrons. The van der Waals surface area contributed by atoms with Crippen LogP contribution in [0, 0.1) is 0 Å². The number of hydrogen-bond donors (Lipinski definition) is 1. The Morgan fingerprint density at radius 3 is 1.82 bits per heavy atom. The second kappa shape index (κ2) is 23.1. The molecule has 8 rings (SSSR count). The van der Waals surface area contributed by atoms with E-state index in [1.165, 1.54) is 16.8 Å². The molecule has 1 aromatic heterocycles. The summed E-state index contributed by atoms with van der Waals surface area (Å²) < 4.78 is 64.0. The molecule has 1 amide bonds. The molecular weight excluding hydrogens is 950 g/mol. The smallest absolute Gasteiger partial charge is 0.409 e. The van der Waals surface area contributed by atoms with Gasteiger partial charge in [0.05, 0.1) is 34.0 Å². The number of amides is 1. The third-order valence-corrected chi connectivity index (χ3v) is 15.9. The number of benzene rings is 5. The third kappa shape index (κ3) is 11.3. The van der Waals surface area contributed by atoms with Gasteiger partial charge in [0, 0.05) is 42.4 Å². The Balaban J connectivity index is 1.28. The average Bonchev–Trinajstić information content (AvgIpc) is 4.05. The molecule has 0 bridgehead atoms. The van der Waals surface area contributed by atoms with Crippen molar-refractivity contribution in [2.45, 2.75) is 95.2 Å². The highest BCUT2D eigenvalue weighted by molar-refractivity contribution is 7.51. The molecule has 2 saturated heterocycles. The van der Waals surface area contributed by atoms with Crippen molar-refractivity contribution in [1.29, 1.82) is 0 Å². The van der Waals surface area contributed by atoms with Gasteiger partial charge in [-0.05, 0) is 112 Å². The quantitative estimate of drug-likeness (QED) is 0.0409. The van der Waals surface area contributed by atoms with Gasteiger partial charge in [-0.1, -0.05) is 84.9 Å². The minimum absolute atomic E-state index is 0.00419. The molecule has 2 aliphatic rings. The number of nitrogens with two attached hydrogens (primary N) is 1. The first-order chi connectivity index (χ1) is 35.2. The Kier molecular flexibility index (Phi) is 16.6. The van der Waals surface area contributed by atoms with Crippen LogP contribution in [0.15, 0.2) is 151 Å². The molecule has 2 N–H and O–H groups in total. The van der Waals surface area contributed by atoms with E-state index in [9.17, 15) is 9.59 Å². The van der Waals surface area contributed by atoms with Crippen LogP contribution >= 0.6 is 7.75 Å². The number of Topliss-reactive ketones (excluding diaryl/α,β-unsaturated/α-hetero) is 1. The highest BCUT2D eigenvalue weighted by Crippen LogP contribution is 2.58. The number of likely N-dealkylation sites (tertiary alicyclic amines) is 1.